The molecule has 1 aromatic heterocycles. The Balaban J connectivity index is 2.24. The second-order valence-corrected chi connectivity index (χ2v) is 3.73. The van der Waals surface area contributed by atoms with Gasteiger partial charge in [-0.15, -0.1) is 0 Å². The van der Waals surface area contributed by atoms with Gasteiger partial charge in [-0.1, -0.05) is 12.5 Å². The fourth-order valence-corrected chi connectivity index (χ4v) is 1.83. The molecule has 74 valence electrons. The molecule has 0 bridgehead atoms. The van der Waals surface area contributed by atoms with Crippen LogP contribution in [0.4, 0.5) is 0 Å². The van der Waals surface area contributed by atoms with Gasteiger partial charge in [0.05, 0.1) is 0 Å². The minimum atomic E-state index is 0.202. The standard InChI is InChI=1S/C11H15N3/c12-11-4-2-1-3-9(5-11)10-6-13-8-14-7-10/h5-8,11H,1-4,12H2. The number of hydrogen-bond donors (Lipinski definition) is 1. The maximum Gasteiger partial charge on any atom is 0.115 e. The van der Waals surface area contributed by atoms with E-state index in [0.29, 0.717) is 0 Å². The van der Waals surface area contributed by atoms with Crippen LogP contribution in [0.5, 0.6) is 0 Å². The monoisotopic (exact) mass is 189 g/mol. The third-order valence-corrected chi connectivity index (χ3v) is 2.58. The first-order chi connectivity index (χ1) is 6.86. The molecule has 14 heavy (non-hydrogen) atoms. The smallest absolute Gasteiger partial charge is 0.115 e. The van der Waals surface area contributed by atoms with Gasteiger partial charge >= 0.3 is 0 Å². The number of nitrogens with two attached hydrogens (primary N) is 1. The summed E-state index contributed by atoms with van der Waals surface area (Å²) in [6, 6.07) is 0.202. The lowest BCUT2D eigenvalue weighted by Crippen LogP contribution is -2.15. The van der Waals surface area contributed by atoms with Crippen molar-refractivity contribution in [1.82, 2.24) is 9.97 Å². The minimum absolute atomic E-state index is 0.202. The molecule has 1 aliphatic carbocycles. The van der Waals surface area contributed by atoms with Gasteiger partial charge in [0.25, 0.3) is 0 Å². The minimum Gasteiger partial charge on any atom is -0.324 e. The Morgan fingerprint density at radius 1 is 1.21 bits per heavy atom. The third kappa shape index (κ3) is 2.17. The first-order valence-corrected chi connectivity index (χ1v) is 5.08. The van der Waals surface area contributed by atoms with Crippen molar-refractivity contribution >= 4 is 5.57 Å². The van der Waals surface area contributed by atoms with Crippen LogP contribution in [0.2, 0.25) is 0 Å². The molecule has 0 radical (unpaired) electrons. The molecule has 1 aromatic rings. The Hall–Kier alpha value is -1.22. The highest BCUT2D eigenvalue weighted by atomic mass is 14.8. The normalized spacial score (nSPS) is 22.6. The lowest BCUT2D eigenvalue weighted by Gasteiger charge is -2.05. The second-order valence-electron chi connectivity index (χ2n) is 3.73. The second kappa shape index (κ2) is 4.33. The van der Waals surface area contributed by atoms with E-state index < -0.39 is 0 Å². The van der Waals surface area contributed by atoms with E-state index in [2.05, 4.69) is 16.0 Å². The molecule has 0 spiro atoms. The number of allylic oxidation sites excluding steroid dienone is 1. The first-order valence-electron chi connectivity index (χ1n) is 5.08. The van der Waals surface area contributed by atoms with Gasteiger partial charge in [0.1, 0.15) is 6.33 Å². The topological polar surface area (TPSA) is 51.8 Å². The van der Waals surface area contributed by atoms with Gasteiger partial charge in [0, 0.05) is 24.0 Å². The van der Waals surface area contributed by atoms with Crippen LogP contribution in [0.25, 0.3) is 5.57 Å². The van der Waals surface area contributed by atoms with Gasteiger partial charge in [-0.05, 0) is 24.8 Å². The van der Waals surface area contributed by atoms with Crippen molar-refractivity contribution in [1.29, 1.82) is 0 Å². The molecule has 0 amide bonds. The molecule has 2 N–H and O–H groups in total. The molecule has 0 aliphatic heterocycles. The summed E-state index contributed by atoms with van der Waals surface area (Å²) in [5, 5.41) is 0. The lowest BCUT2D eigenvalue weighted by atomic mass is 10.0. The number of nitrogens with zero attached hydrogens (tertiary/aromatic N) is 2. The Morgan fingerprint density at radius 3 is 2.79 bits per heavy atom. The predicted octanol–water partition coefficient (Wildman–Crippen LogP) is 1.76. The lowest BCUT2D eigenvalue weighted by molar-refractivity contribution is 0.658. The zero-order chi connectivity index (χ0) is 9.80. The quantitative estimate of drug-likeness (QED) is 0.732. The third-order valence-electron chi connectivity index (χ3n) is 2.58. The fraction of sp³-hybridized carbons (Fsp3) is 0.455. The zero-order valence-electron chi connectivity index (χ0n) is 8.19. The molecule has 0 saturated heterocycles. The van der Waals surface area contributed by atoms with Crippen LogP contribution in [0.1, 0.15) is 31.2 Å². The van der Waals surface area contributed by atoms with Crippen LogP contribution in [0.3, 0.4) is 0 Å². The molecular weight excluding hydrogens is 174 g/mol. The van der Waals surface area contributed by atoms with Crippen LogP contribution in [0.15, 0.2) is 24.8 Å². The van der Waals surface area contributed by atoms with Crippen molar-refractivity contribution in [3.05, 3.63) is 30.4 Å². The van der Waals surface area contributed by atoms with Gasteiger partial charge in [0.2, 0.25) is 0 Å². The van der Waals surface area contributed by atoms with E-state index in [1.807, 2.05) is 12.4 Å². The molecule has 0 saturated carbocycles. The molecule has 2 rings (SSSR count). The van der Waals surface area contributed by atoms with Crippen LogP contribution in [-0.4, -0.2) is 16.0 Å². The van der Waals surface area contributed by atoms with Crippen LogP contribution in [0, 0.1) is 0 Å². The molecule has 0 aromatic carbocycles. The van der Waals surface area contributed by atoms with Crippen LogP contribution >= 0.6 is 0 Å². The molecular formula is C11H15N3. The molecule has 1 unspecified atom stereocenters. The largest absolute Gasteiger partial charge is 0.324 e. The molecule has 1 aliphatic rings. The van der Waals surface area contributed by atoms with Gasteiger partial charge in [-0.2, -0.15) is 0 Å². The van der Waals surface area contributed by atoms with Crippen molar-refractivity contribution < 1.29 is 0 Å². The Labute approximate surface area is 84.1 Å². The summed E-state index contributed by atoms with van der Waals surface area (Å²) in [5.74, 6) is 0. The maximum atomic E-state index is 5.95. The summed E-state index contributed by atoms with van der Waals surface area (Å²) < 4.78 is 0. The van der Waals surface area contributed by atoms with Gasteiger partial charge in [-0.25, -0.2) is 9.97 Å². The predicted molar refractivity (Wildman–Crippen MR) is 56.5 cm³/mol. The van der Waals surface area contributed by atoms with Gasteiger partial charge in [0.15, 0.2) is 0 Å². The molecule has 1 atom stereocenters. The summed E-state index contributed by atoms with van der Waals surface area (Å²) in [6.45, 7) is 0. The molecule has 3 heteroatoms. The average Bonchev–Trinajstić information content (AvgIpc) is 2.44. The van der Waals surface area contributed by atoms with Crippen LogP contribution < -0.4 is 5.73 Å². The average molecular weight is 189 g/mol. The van der Waals surface area contributed by atoms with E-state index in [0.717, 1.165) is 18.4 Å². The number of aromatic nitrogens is 2. The van der Waals surface area contributed by atoms with E-state index in [9.17, 15) is 0 Å². The molecule has 1 heterocycles. The highest BCUT2D eigenvalue weighted by molar-refractivity contribution is 5.65. The van der Waals surface area contributed by atoms with E-state index in [1.54, 1.807) is 6.33 Å². The Bertz CT molecular complexity index is 319. The highest BCUT2D eigenvalue weighted by Gasteiger charge is 2.09. The van der Waals surface area contributed by atoms with Crippen LogP contribution in [-0.2, 0) is 0 Å². The SMILES string of the molecule is NC1C=C(c2cncnc2)CCCC1. The summed E-state index contributed by atoms with van der Waals surface area (Å²) in [4.78, 5) is 8.05. The summed E-state index contributed by atoms with van der Waals surface area (Å²) in [7, 11) is 0. The van der Waals surface area contributed by atoms with Crippen molar-refractivity contribution in [3.63, 3.8) is 0 Å². The van der Waals surface area contributed by atoms with Crippen molar-refractivity contribution in [3.8, 4) is 0 Å². The van der Waals surface area contributed by atoms with Crippen molar-refractivity contribution in [2.45, 2.75) is 31.7 Å². The highest BCUT2D eigenvalue weighted by Crippen LogP contribution is 2.24. The zero-order valence-corrected chi connectivity index (χ0v) is 8.19. The molecule has 0 fully saturated rings. The Kier molecular flexibility index (Phi) is 2.89. The van der Waals surface area contributed by atoms with E-state index in [1.165, 1.54) is 18.4 Å². The maximum absolute atomic E-state index is 5.95. The van der Waals surface area contributed by atoms with E-state index in [4.69, 9.17) is 5.73 Å². The molecule has 3 nitrogen and oxygen atoms in total. The summed E-state index contributed by atoms with van der Waals surface area (Å²) in [6.07, 6.45) is 12.1. The fourth-order valence-electron chi connectivity index (χ4n) is 1.83. The van der Waals surface area contributed by atoms with Crippen molar-refractivity contribution in [2.75, 3.05) is 0 Å². The summed E-state index contributed by atoms with van der Waals surface area (Å²) >= 11 is 0. The van der Waals surface area contributed by atoms with Crippen molar-refractivity contribution in [2.24, 2.45) is 5.73 Å². The number of hydrogen-bond acceptors (Lipinski definition) is 3. The summed E-state index contributed by atoms with van der Waals surface area (Å²) in [5.41, 5.74) is 8.36. The number of rotatable bonds is 1. The van der Waals surface area contributed by atoms with E-state index >= 15 is 0 Å². The first kappa shape index (κ1) is 9.34. The van der Waals surface area contributed by atoms with Gasteiger partial charge < -0.3 is 5.73 Å². The Morgan fingerprint density at radius 2 is 2.00 bits per heavy atom. The van der Waals surface area contributed by atoms with E-state index in [-0.39, 0.29) is 6.04 Å². The van der Waals surface area contributed by atoms with Gasteiger partial charge in [-0.3, -0.25) is 0 Å².